The molecule has 1 aromatic carbocycles. The maximum Gasteiger partial charge on any atom is 0.418 e. The van der Waals surface area contributed by atoms with Crippen molar-refractivity contribution in [3.63, 3.8) is 0 Å². The minimum Gasteiger partial charge on any atom is -0.438 e. The molecule has 1 aliphatic carbocycles. The molecule has 1 saturated carbocycles. The van der Waals surface area contributed by atoms with E-state index >= 15 is 0 Å². The van der Waals surface area contributed by atoms with Gasteiger partial charge in [0.2, 0.25) is 5.88 Å². The van der Waals surface area contributed by atoms with Gasteiger partial charge in [0, 0.05) is 18.6 Å². The Balaban J connectivity index is 2.09. The van der Waals surface area contributed by atoms with E-state index in [0.29, 0.717) is 12.8 Å². The molecule has 1 aliphatic rings. The normalized spacial score (nSPS) is 15.9. The summed E-state index contributed by atoms with van der Waals surface area (Å²) in [5.74, 6) is -5.86. The highest BCUT2D eigenvalue weighted by Gasteiger charge is 2.43. The fraction of sp³-hybridized carbons (Fsp3) is 0.364. The molecule has 1 N–H and O–H groups in total. The van der Waals surface area contributed by atoms with Crippen LogP contribution in [0.5, 0.6) is 11.6 Å². The van der Waals surface area contributed by atoms with Crippen LogP contribution in [-0.2, 0) is 21.9 Å². The summed E-state index contributed by atoms with van der Waals surface area (Å²) >= 11 is 0. The molecule has 0 saturated heterocycles. The zero-order chi connectivity index (χ0) is 25.3. The number of hydrogen-bond acceptors (Lipinski definition) is 5. The molecule has 1 fully saturated rings. The number of aromatic nitrogens is 1. The highest BCUT2D eigenvalue weighted by Crippen LogP contribution is 2.41. The first-order valence-electron chi connectivity index (χ1n) is 10.1. The van der Waals surface area contributed by atoms with E-state index in [1.54, 1.807) is 6.07 Å². The van der Waals surface area contributed by atoms with Gasteiger partial charge in [-0.25, -0.2) is 13.4 Å². The Morgan fingerprint density at radius 1 is 1.18 bits per heavy atom. The summed E-state index contributed by atoms with van der Waals surface area (Å²) in [6.45, 7) is 0.260. The topological polar surface area (TPSA) is 85.4 Å². The zero-order valence-corrected chi connectivity index (χ0v) is 18.9. The minimum absolute atomic E-state index is 0.0601. The van der Waals surface area contributed by atoms with E-state index in [9.17, 15) is 35.2 Å². The Hall–Kier alpha value is -3.02. The standard InChI is InChI=1S/C22H21F5N2O4S/c1-21(23,24)18-16(22(25,26)27)12-15(20(29-18)33-14-6-4-3-5-7-14)19(30)28-17(13-8-9-13)10-11-34(2,31)32/h3-7,10-13,17H,8-9H2,1-2H3,(H,28,30)/b11-10+/t17-/m1/s1. The Kier molecular flexibility index (Phi) is 7.02. The SMILES string of the molecule is CC(F)(F)c1nc(Oc2ccccc2)c(C(=O)N[C@H](/C=C/S(C)(=O)=O)C2CC2)cc1C(F)(F)F. The van der Waals surface area contributed by atoms with Crippen molar-refractivity contribution in [2.24, 2.45) is 5.92 Å². The molecule has 12 heteroatoms. The van der Waals surface area contributed by atoms with Crippen LogP contribution in [0.25, 0.3) is 0 Å². The van der Waals surface area contributed by atoms with E-state index in [-0.39, 0.29) is 24.7 Å². The predicted molar refractivity (Wildman–Crippen MR) is 113 cm³/mol. The first kappa shape index (κ1) is 25.6. The molecule has 1 atom stereocenters. The van der Waals surface area contributed by atoms with Gasteiger partial charge in [-0.2, -0.15) is 22.0 Å². The fourth-order valence-corrected chi connectivity index (χ4v) is 3.58. The number of pyridine rings is 1. The molecule has 0 bridgehead atoms. The van der Waals surface area contributed by atoms with Gasteiger partial charge in [0.05, 0.1) is 11.6 Å². The largest absolute Gasteiger partial charge is 0.438 e. The Morgan fingerprint density at radius 3 is 2.29 bits per heavy atom. The highest BCUT2D eigenvalue weighted by molar-refractivity contribution is 7.93. The van der Waals surface area contributed by atoms with Crippen molar-refractivity contribution >= 4 is 15.7 Å². The van der Waals surface area contributed by atoms with Crippen LogP contribution in [0.3, 0.4) is 0 Å². The van der Waals surface area contributed by atoms with Gasteiger partial charge in [-0.15, -0.1) is 0 Å². The lowest BCUT2D eigenvalue weighted by molar-refractivity contribution is -0.142. The van der Waals surface area contributed by atoms with E-state index in [4.69, 9.17) is 4.74 Å². The van der Waals surface area contributed by atoms with Crippen LogP contribution in [0.2, 0.25) is 0 Å². The number of para-hydroxylation sites is 1. The number of amides is 1. The van der Waals surface area contributed by atoms with Crippen LogP contribution in [0.15, 0.2) is 47.9 Å². The summed E-state index contributed by atoms with van der Waals surface area (Å²) in [5.41, 5.74) is -4.08. The average molecular weight is 504 g/mol. The van der Waals surface area contributed by atoms with Crippen molar-refractivity contribution in [2.45, 2.75) is 37.9 Å². The van der Waals surface area contributed by atoms with Crippen molar-refractivity contribution < 1.29 is 39.9 Å². The van der Waals surface area contributed by atoms with Crippen LogP contribution in [-0.4, -0.2) is 31.6 Å². The molecule has 0 radical (unpaired) electrons. The van der Waals surface area contributed by atoms with Crippen LogP contribution in [0.4, 0.5) is 22.0 Å². The molecule has 3 rings (SSSR count). The number of rotatable bonds is 8. The van der Waals surface area contributed by atoms with Crippen molar-refractivity contribution in [3.05, 3.63) is 64.7 Å². The van der Waals surface area contributed by atoms with Crippen molar-refractivity contribution in [3.8, 4) is 11.6 Å². The van der Waals surface area contributed by atoms with Crippen LogP contribution in [0.1, 0.15) is 41.4 Å². The van der Waals surface area contributed by atoms with Gasteiger partial charge in [0.25, 0.3) is 11.8 Å². The van der Waals surface area contributed by atoms with Gasteiger partial charge < -0.3 is 10.1 Å². The number of carbonyl (C=O) groups excluding carboxylic acids is 1. The number of nitrogens with zero attached hydrogens (tertiary/aromatic N) is 1. The Labute approximate surface area is 192 Å². The second-order valence-electron chi connectivity index (χ2n) is 8.03. The van der Waals surface area contributed by atoms with E-state index in [2.05, 4.69) is 10.3 Å². The number of hydrogen-bond donors (Lipinski definition) is 1. The number of alkyl halides is 5. The molecule has 1 aromatic heterocycles. The summed E-state index contributed by atoms with van der Waals surface area (Å²) in [5, 5.41) is 3.35. The summed E-state index contributed by atoms with van der Waals surface area (Å²) in [6, 6.07) is 6.99. The molecule has 1 heterocycles. The molecule has 0 unspecified atom stereocenters. The molecule has 6 nitrogen and oxygen atoms in total. The molecule has 1 amide bonds. The van der Waals surface area contributed by atoms with Gasteiger partial charge >= 0.3 is 6.18 Å². The van der Waals surface area contributed by atoms with Gasteiger partial charge in [0.1, 0.15) is 17.0 Å². The Bertz CT molecular complexity index is 1190. The molecule has 184 valence electrons. The van der Waals surface area contributed by atoms with Crippen LogP contribution in [0, 0.1) is 5.92 Å². The first-order chi connectivity index (χ1) is 15.6. The third kappa shape index (κ3) is 6.75. The summed E-state index contributed by atoms with van der Waals surface area (Å²) < 4.78 is 97.3. The second-order valence-corrected chi connectivity index (χ2v) is 9.96. The lowest BCUT2D eigenvalue weighted by Gasteiger charge is -2.21. The fourth-order valence-electron chi connectivity index (χ4n) is 3.12. The predicted octanol–water partition coefficient (Wildman–Crippen LogP) is 5.07. The number of halogens is 5. The molecule has 0 spiro atoms. The van der Waals surface area contributed by atoms with E-state index in [0.717, 1.165) is 11.7 Å². The number of sulfone groups is 1. The maximum absolute atomic E-state index is 14.0. The van der Waals surface area contributed by atoms with Gasteiger partial charge in [0.15, 0.2) is 9.84 Å². The molecule has 34 heavy (non-hydrogen) atoms. The van der Waals surface area contributed by atoms with E-state index < -0.39 is 56.6 Å². The lowest BCUT2D eigenvalue weighted by Crippen LogP contribution is -2.36. The number of nitrogens with one attached hydrogen (secondary N) is 1. The third-order valence-corrected chi connectivity index (χ3v) is 5.52. The monoisotopic (exact) mass is 504 g/mol. The van der Waals surface area contributed by atoms with Gasteiger partial charge in [-0.3, -0.25) is 4.79 Å². The molecule has 2 aromatic rings. The lowest BCUT2D eigenvalue weighted by atomic mass is 10.0. The molecule has 0 aliphatic heterocycles. The van der Waals surface area contributed by atoms with Gasteiger partial charge in [-0.1, -0.05) is 24.3 Å². The third-order valence-electron chi connectivity index (χ3n) is 4.87. The number of benzene rings is 1. The van der Waals surface area contributed by atoms with Gasteiger partial charge in [-0.05, 0) is 37.0 Å². The number of ether oxygens (including phenoxy) is 1. The first-order valence-corrected chi connectivity index (χ1v) is 12.0. The van der Waals surface area contributed by atoms with E-state index in [1.165, 1.54) is 30.3 Å². The van der Waals surface area contributed by atoms with Crippen molar-refractivity contribution in [2.75, 3.05) is 6.26 Å². The average Bonchev–Trinajstić information content (AvgIpc) is 3.54. The highest BCUT2D eigenvalue weighted by atomic mass is 32.2. The quantitative estimate of drug-likeness (QED) is 0.508. The summed E-state index contributed by atoms with van der Waals surface area (Å²) in [7, 11) is -3.52. The van der Waals surface area contributed by atoms with Crippen molar-refractivity contribution in [1.82, 2.24) is 10.3 Å². The second kappa shape index (κ2) is 9.32. The number of carbonyl (C=O) groups is 1. The maximum atomic E-state index is 14.0. The smallest absolute Gasteiger partial charge is 0.418 e. The van der Waals surface area contributed by atoms with Crippen LogP contribution >= 0.6 is 0 Å². The van der Waals surface area contributed by atoms with Crippen molar-refractivity contribution in [1.29, 1.82) is 0 Å². The summed E-state index contributed by atoms with van der Waals surface area (Å²) in [4.78, 5) is 16.4. The van der Waals surface area contributed by atoms with E-state index in [1.807, 2.05) is 0 Å². The van der Waals surface area contributed by atoms with Crippen LogP contribution < -0.4 is 10.1 Å². The minimum atomic E-state index is -5.23. The Morgan fingerprint density at radius 2 is 1.79 bits per heavy atom. The zero-order valence-electron chi connectivity index (χ0n) is 18.1. The molecular weight excluding hydrogens is 483 g/mol. The molecular formula is C22H21F5N2O4S. The summed E-state index contributed by atoms with van der Waals surface area (Å²) in [6.07, 6.45) is -1.72.